The maximum Gasteiger partial charge on any atom is 0.251 e. The van der Waals surface area contributed by atoms with Crippen LogP contribution in [0, 0.1) is 0 Å². The Balaban J connectivity index is 1.20. The summed E-state index contributed by atoms with van der Waals surface area (Å²) in [6.07, 6.45) is -0.854. The largest absolute Gasteiger partial charge is 0.491 e. The first kappa shape index (κ1) is 20.6. The maximum atomic E-state index is 12.3. The third-order valence-corrected chi connectivity index (χ3v) is 4.65. The minimum atomic E-state index is -0.854. The molecule has 160 valence electrons. The molecule has 0 fully saturated rings. The molecule has 7 heteroatoms. The van der Waals surface area contributed by atoms with Crippen LogP contribution in [0.15, 0.2) is 72.8 Å². The molecule has 1 atom stereocenters. The van der Waals surface area contributed by atoms with E-state index in [1.54, 1.807) is 30.3 Å². The molecule has 1 aliphatic heterocycles. The van der Waals surface area contributed by atoms with Gasteiger partial charge in [-0.3, -0.25) is 4.79 Å². The van der Waals surface area contributed by atoms with Gasteiger partial charge in [0.15, 0.2) is 11.5 Å². The van der Waals surface area contributed by atoms with E-state index >= 15 is 0 Å². The first-order valence-corrected chi connectivity index (χ1v) is 9.93. The number of carbonyl (C=O) groups is 1. The zero-order chi connectivity index (χ0) is 21.5. The molecule has 1 aliphatic rings. The van der Waals surface area contributed by atoms with Crippen molar-refractivity contribution < 1.29 is 28.8 Å². The molecule has 0 aliphatic carbocycles. The second kappa shape index (κ2) is 9.86. The number of carbonyl (C=O) groups excluding carboxylic acids is 1. The number of aliphatic hydroxyl groups is 1. The number of fused-ring (bicyclic) bond motifs is 1. The van der Waals surface area contributed by atoms with E-state index in [0.29, 0.717) is 29.4 Å². The van der Waals surface area contributed by atoms with Crippen LogP contribution in [0.25, 0.3) is 0 Å². The normalized spacial score (nSPS) is 12.8. The van der Waals surface area contributed by atoms with Crippen LogP contribution in [-0.4, -0.2) is 37.1 Å². The number of rotatable bonds is 9. The Hall–Kier alpha value is -3.71. The van der Waals surface area contributed by atoms with Crippen molar-refractivity contribution in [1.29, 1.82) is 0 Å². The van der Waals surface area contributed by atoms with Crippen molar-refractivity contribution in [3.05, 3.63) is 83.9 Å². The molecule has 1 heterocycles. The van der Waals surface area contributed by atoms with Crippen LogP contribution in [0.2, 0.25) is 0 Å². The van der Waals surface area contributed by atoms with E-state index in [2.05, 4.69) is 5.32 Å². The zero-order valence-corrected chi connectivity index (χ0v) is 16.8. The highest BCUT2D eigenvalue weighted by atomic mass is 16.7. The number of amides is 1. The van der Waals surface area contributed by atoms with Gasteiger partial charge in [0.05, 0.1) is 0 Å². The van der Waals surface area contributed by atoms with Crippen molar-refractivity contribution in [3.8, 4) is 23.0 Å². The molecule has 0 spiro atoms. The van der Waals surface area contributed by atoms with Crippen LogP contribution in [0.5, 0.6) is 23.0 Å². The fraction of sp³-hybridized carbons (Fsp3) is 0.208. The second-order valence-corrected chi connectivity index (χ2v) is 6.99. The monoisotopic (exact) mass is 421 g/mol. The molecule has 1 amide bonds. The number of hydrogen-bond donors (Lipinski definition) is 2. The van der Waals surface area contributed by atoms with Gasteiger partial charge in [0.1, 0.15) is 30.8 Å². The van der Waals surface area contributed by atoms with Gasteiger partial charge < -0.3 is 29.4 Å². The van der Waals surface area contributed by atoms with Gasteiger partial charge in [0.2, 0.25) is 6.79 Å². The van der Waals surface area contributed by atoms with Crippen LogP contribution >= 0.6 is 0 Å². The quantitative estimate of drug-likeness (QED) is 0.552. The van der Waals surface area contributed by atoms with Crippen molar-refractivity contribution >= 4 is 5.91 Å². The first-order chi connectivity index (χ1) is 15.2. The van der Waals surface area contributed by atoms with Gasteiger partial charge in [-0.2, -0.15) is 0 Å². The smallest absolute Gasteiger partial charge is 0.251 e. The summed E-state index contributed by atoms with van der Waals surface area (Å²) < 4.78 is 21.8. The van der Waals surface area contributed by atoms with E-state index in [1.165, 1.54) is 0 Å². The fourth-order valence-corrected chi connectivity index (χ4v) is 2.97. The fourth-order valence-electron chi connectivity index (χ4n) is 2.97. The summed E-state index contributed by atoms with van der Waals surface area (Å²) >= 11 is 0. The standard InChI is InChI=1S/C24H23NO6/c26-19(15-29-21-10-11-22-23(12-21)31-16-30-22)13-25-24(27)18-8-6-17(7-9-18)14-28-20-4-2-1-3-5-20/h1-12,19,26H,13-16H2,(H,25,27). The minimum absolute atomic E-state index is 0.0374. The molecule has 0 bridgehead atoms. The Kier molecular flexibility index (Phi) is 6.54. The molecule has 3 aromatic carbocycles. The first-order valence-electron chi connectivity index (χ1n) is 9.93. The van der Waals surface area contributed by atoms with E-state index < -0.39 is 6.10 Å². The maximum absolute atomic E-state index is 12.3. The highest BCUT2D eigenvalue weighted by Gasteiger charge is 2.15. The van der Waals surface area contributed by atoms with Gasteiger partial charge in [-0.25, -0.2) is 0 Å². The predicted molar refractivity (Wildman–Crippen MR) is 114 cm³/mol. The van der Waals surface area contributed by atoms with Crippen molar-refractivity contribution in [2.75, 3.05) is 19.9 Å². The van der Waals surface area contributed by atoms with E-state index in [0.717, 1.165) is 11.3 Å². The summed E-state index contributed by atoms with van der Waals surface area (Å²) in [6.45, 7) is 0.717. The number of ether oxygens (including phenoxy) is 4. The van der Waals surface area contributed by atoms with Gasteiger partial charge in [-0.15, -0.1) is 0 Å². The molecule has 3 aromatic rings. The molecular weight excluding hydrogens is 398 g/mol. The topological polar surface area (TPSA) is 86.3 Å². The van der Waals surface area contributed by atoms with Crippen molar-refractivity contribution in [2.24, 2.45) is 0 Å². The molecule has 0 saturated heterocycles. The average Bonchev–Trinajstić information content (AvgIpc) is 3.29. The summed E-state index contributed by atoms with van der Waals surface area (Å²) in [5.41, 5.74) is 1.46. The van der Waals surface area contributed by atoms with Gasteiger partial charge >= 0.3 is 0 Å². The third kappa shape index (κ3) is 5.67. The van der Waals surface area contributed by atoms with Crippen LogP contribution in [0.1, 0.15) is 15.9 Å². The summed E-state index contributed by atoms with van der Waals surface area (Å²) in [5.74, 6) is 2.36. The van der Waals surface area contributed by atoms with E-state index in [-0.39, 0.29) is 25.9 Å². The predicted octanol–water partition coefficient (Wildman–Crippen LogP) is 3.16. The summed E-state index contributed by atoms with van der Waals surface area (Å²) in [5, 5.41) is 12.8. The van der Waals surface area contributed by atoms with Crippen LogP contribution in [-0.2, 0) is 6.61 Å². The van der Waals surface area contributed by atoms with Crippen molar-refractivity contribution in [3.63, 3.8) is 0 Å². The Morgan fingerprint density at radius 3 is 2.52 bits per heavy atom. The lowest BCUT2D eigenvalue weighted by Gasteiger charge is -2.14. The Labute approximate surface area is 180 Å². The molecule has 31 heavy (non-hydrogen) atoms. The van der Waals surface area contributed by atoms with Gasteiger partial charge in [0, 0.05) is 18.2 Å². The number of benzene rings is 3. The van der Waals surface area contributed by atoms with Crippen molar-refractivity contribution in [2.45, 2.75) is 12.7 Å². The van der Waals surface area contributed by atoms with Crippen molar-refractivity contribution in [1.82, 2.24) is 5.32 Å². The highest BCUT2D eigenvalue weighted by Crippen LogP contribution is 2.35. The Morgan fingerprint density at radius 1 is 0.935 bits per heavy atom. The van der Waals surface area contributed by atoms with E-state index in [1.807, 2.05) is 42.5 Å². The van der Waals surface area contributed by atoms with E-state index in [4.69, 9.17) is 18.9 Å². The van der Waals surface area contributed by atoms with Gasteiger partial charge in [-0.05, 0) is 42.0 Å². The molecule has 0 radical (unpaired) electrons. The lowest BCUT2D eigenvalue weighted by Crippen LogP contribution is -2.35. The molecule has 7 nitrogen and oxygen atoms in total. The number of aliphatic hydroxyl groups excluding tert-OH is 1. The SMILES string of the molecule is O=C(NCC(O)COc1ccc2c(c1)OCO2)c1ccc(COc2ccccc2)cc1. The average molecular weight is 421 g/mol. The molecule has 2 N–H and O–H groups in total. The minimum Gasteiger partial charge on any atom is -0.491 e. The summed E-state index contributed by atoms with van der Waals surface area (Å²) in [4.78, 5) is 12.3. The molecule has 4 rings (SSSR count). The second-order valence-electron chi connectivity index (χ2n) is 6.99. The molecular formula is C24H23NO6. The molecule has 0 saturated carbocycles. The number of nitrogens with one attached hydrogen (secondary N) is 1. The van der Waals surface area contributed by atoms with Gasteiger partial charge in [0.25, 0.3) is 5.91 Å². The summed E-state index contributed by atoms with van der Waals surface area (Å²) in [7, 11) is 0. The summed E-state index contributed by atoms with van der Waals surface area (Å²) in [6, 6.07) is 21.9. The lowest BCUT2D eigenvalue weighted by molar-refractivity contribution is 0.0843. The van der Waals surface area contributed by atoms with Gasteiger partial charge in [-0.1, -0.05) is 30.3 Å². The van der Waals surface area contributed by atoms with E-state index in [9.17, 15) is 9.90 Å². The number of para-hydroxylation sites is 1. The number of hydrogen-bond acceptors (Lipinski definition) is 6. The van der Waals surface area contributed by atoms with Crippen LogP contribution < -0.4 is 24.3 Å². The lowest BCUT2D eigenvalue weighted by atomic mass is 10.1. The molecule has 0 aromatic heterocycles. The van der Waals surface area contributed by atoms with Crippen LogP contribution in [0.4, 0.5) is 0 Å². The zero-order valence-electron chi connectivity index (χ0n) is 16.8. The Bertz CT molecular complexity index is 1010. The highest BCUT2D eigenvalue weighted by molar-refractivity contribution is 5.94. The third-order valence-electron chi connectivity index (χ3n) is 4.65. The molecule has 1 unspecified atom stereocenters. The van der Waals surface area contributed by atoms with Crippen LogP contribution in [0.3, 0.4) is 0 Å². The Morgan fingerprint density at radius 2 is 1.71 bits per heavy atom.